The Morgan fingerprint density at radius 1 is 1.22 bits per heavy atom. The first-order valence-electron chi connectivity index (χ1n) is 11.4. The largest absolute Gasteiger partial charge is 0.449 e. The molecule has 0 fully saturated rings. The fourth-order valence-corrected chi connectivity index (χ4v) is 3.55. The van der Waals surface area contributed by atoms with Gasteiger partial charge in [-0.05, 0) is 23.6 Å². The number of hydrogen-bond donors (Lipinski definition) is 3. The van der Waals surface area contributed by atoms with Gasteiger partial charge in [0.05, 0.1) is 17.7 Å². The topological polar surface area (TPSA) is 142 Å². The normalized spacial score (nSPS) is 12.0. The fraction of sp³-hybridized carbons (Fsp3) is 0.320. The Morgan fingerprint density at radius 2 is 1.97 bits per heavy atom. The lowest BCUT2D eigenvalue weighted by Crippen LogP contribution is -2.47. The number of ether oxygens (including phenoxy) is 1. The first-order chi connectivity index (χ1) is 17.2. The van der Waals surface area contributed by atoms with Gasteiger partial charge in [-0.2, -0.15) is 5.10 Å². The van der Waals surface area contributed by atoms with E-state index in [1.54, 1.807) is 37.3 Å². The Hall–Kier alpha value is -4.41. The van der Waals surface area contributed by atoms with Crippen LogP contribution in [0.1, 0.15) is 25.0 Å². The number of hydrazone groups is 1. The monoisotopic (exact) mass is 494 g/mol. The molecule has 0 bridgehead atoms. The number of nitrogens with one attached hydrogen (secondary N) is 3. The number of hydrogen-bond acceptors (Lipinski definition) is 7. The van der Waals surface area contributed by atoms with Crippen LogP contribution >= 0.6 is 0 Å². The van der Waals surface area contributed by atoms with Gasteiger partial charge in [0.15, 0.2) is 0 Å². The van der Waals surface area contributed by atoms with Crippen LogP contribution in [-0.4, -0.2) is 54.9 Å². The van der Waals surface area contributed by atoms with Crippen molar-refractivity contribution in [2.24, 2.45) is 11.0 Å². The SMILES string of the molecule is CC(C)COC(=O)N[C@@H](Cc1c[nH]c2ccccc12)C(=O)N/N=C\c1ccc(N(C)C)c([N+](=O)[O-])c1. The summed E-state index contributed by atoms with van der Waals surface area (Å²) in [5.41, 5.74) is 4.97. The molecule has 1 atom stereocenters. The lowest BCUT2D eigenvalue weighted by atomic mass is 10.0. The van der Waals surface area contributed by atoms with Crippen LogP contribution in [0.3, 0.4) is 0 Å². The predicted molar refractivity (Wildman–Crippen MR) is 138 cm³/mol. The smallest absolute Gasteiger partial charge is 0.407 e. The molecule has 11 nitrogen and oxygen atoms in total. The molecule has 0 aliphatic carbocycles. The maximum absolute atomic E-state index is 13.0. The van der Waals surface area contributed by atoms with Crippen LogP contribution in [0.25, 0.3) is 10.9 Å². The van der Waals surface area contributed by atoms with E-state index in [4.69, 9.17) is 4.74 Å². The summed E-state index contributed by atoms with van der Waals surface area (Å²) in [4.78, 5) is 41.0. The van der Waals surface area contributed by atoms with Crippen molar-refractivity contribution in [2.45, 2.75) is 26.3 Å². The quantitative estimate of drug-likeness (QED) is 0.223. The number of carbonyl (C=O) groups excluding carboxylic acids is 2. The second-order valence-electron chi connectivity index (χ2n) is 8.89. The van der Waals surface area contributed by atoms with Crippen molar-refractivity contribution in [3.8, 4) is 0 Å². The van der Waals surface area contributed by atoms with E-state index in [1.807, 2.05) is 38.1 Å². The van der Waals surface area contributed by atoms with Crippen molar-refractivity contribution >= 4 is 40.5 Å². The number of amides is 2. The second kappa shape index (κ2) is 11.8. The van der Waals surface area contributed by atoms with E-state index in [9.17, 15) is 19.7 Å². The number of aromatic amines is 1. The summed E-state index contributed by atoms with van der Waals surface area (Å²) in [5, 5.41) is 18.9. The molecule has 3 rings (SSSR count). The van der Waals surface area contributed by atoms with Gasteiger partial charge in [0.1, 0.15) is 11.7 Å². The summed E-state index contributed by atoms with van der Waals surface area (Å²) in [6, 6.07) is 11.3. The fourth-order valence-electron chi connectivity index (χ4n) is 3.55. The van der Waals surface area contributed by atoms with E-state index in [-0.39, 0.29) is 24.6 Å². The molecule has 0 aliphatic rings. The van der Waals surface area contributed by atoms with Gasteiger partial charge in [-0.3, -0.25) is 14.9 Å². The molecule has 3 N–H and O–H groups in total. The van der Waals surface area contributed by atoms with Crippen molar-refractivity contribution in [2.75, 3.05) is 25.6 Å². The average molecular weight is 495 g/mol. The van der Waals surface area contributed by atoms with Gasteiger partial charge in [0, 0.05) is 49.2 Å². The highest BCUT2D eigenvalue weighted by Crippen LogP contribution is 2.27. The minimum absolute atomic E-state index is 0.0814. The van der Waals surface area contributed by atoms with Crippen LogP contribution in [0.15, 0.2) is 53.8 Å². The summed E-state index contributed by atoms with van der Waals surface area (Å²) in [6.45, 7) is 4.04. The standard InChI is InChI=1S/C25H30N6O5/c1-16(2)15-36-25(33)28-21(12-18-14-26-20-8-6-5-7-19(18)20)24(32)29-27-13-17-9-10-22(30(3)4)23(11-17)31(34)35/h5-11,13-14,16,21,26H,12,15H2,1-4H3,(H,28,33)(H,29,32)/b27-13-/t21-/m0/s1. The highest BCUT2D eigenvalue weighted by molar-refractivity contribution is 5.89. The number of carbonyl (C=O) groups is 2. The number of nitro groups is 1. The maximum Gasteiger partial charge on any atom is 0.407 e. The Balaban J connectivity index is 1.76. The predicted octanol–water partition coefficient (Wildman–Crippen LogP) is 3.59. The van der Waals surface area contributed by atoms with Crippen molar-refractivity contribution in [1.29, 1.82) is 0 Å². The van der Waals surface area contributed by atoms with Crippen molar-refractivity contribution in [3.05, 3.63) is 69.9 Å². The maximum atomic E-state index is 13.0. The van der Waals surface area contributed by atoms with E-state index in [0.717, 1.165) is 16.5 Å². The molecule has 0 unspecified atom stereocenters. The van der Waals surface area contributed by atoms with Gasteiger partial charge in [-0.15, -0.1) is 0 Å². The number of rotatable bonds is 10. The van der Waals surface area contributed by atoms with Crippen LogP contribution in [-0.2, 0) is 16.0 Å². The Labute approximate surface area is 208 Å². The summed E-state index contributed by atoms with van der Waals surface area (Å²) in [6.07, 6.45) is 2.60. The number of nitrogens with zero attached hydrogens (tertiary/aromatic N) is 3. The molecular formula is C25H30N6O5. The zero-order valence-corrected chi connectivity index (χ0v) is 20.6. The van der Waals surface area contributed by atoms with Crippen molar-refractivity contribution < 1.29 is 19.2 Å². The van der Waals surface area contributed by atoms with Gasteiger partial charge in [0.2, 0.25) is 0 Å². The number of H-pyrrole nitrogens is 1. The molecule has 36 heavy (non-hydrogen) atoms. The van der Waals surface area contributed by atoms with E-state index in [0.29, 0.717) is 11.3 Å². The number of aromatic nitrogens is 1. The summed E-state index contributed by atoms with van der Waals surface area (Å²) in [5.74, 6) is -0.415. The third kappa shape index (κ3) is 6.81. The van der Waals surface area contributed by atoms with Gasteiger partial charge in [-0.1, -0.05) is 38.1 Å². The summed E-state index contributed by atoms with van der Waals surface area (Å²) in [7, 11) is 3.42. The molecule has 0 radical (unpaired) electrons. The highest BCUT2D eigenvalue weighted by atomic mass is 16.6. The van der Waals surface area contributed by atoms with Crippen molar-refractivity contribution in [1.82, 2.24) is 15.7 Å². The molecule has 11 heteroatoms. The van der Waals surface area contributed by atoms with Gasteiger partial charge in [-0.25, -0.2) is 10.2 Å². The first kappa shape index (κ1) is 26.2. The molecule has 0 saturated carbocycles. The Bertz CT molecular complexity index is 1270. The van der Waals surface area contributed by atoms with Crippen LogP contribution in [0.2, 0.25) is 0 Å². The summed E-state index contributed by atoms with van der Waals surface area (Å²) < 4.78 is 5.19. The molecule has 190 valence electrons. The van der Waals surface area contributed by atoms with Crippen LogP contribution in [0.5, 0.6) is 0 Å². The molecule has 2 amide bonds. The zero-order chi connectivity index (χ0) is 26.2. The lowest BCUT2D eigenvalue weighted by Gasteiger charge is -2.17. The molecule has 1 heterocycles. The third-order valence-corrected chi connectivity index (χ3v) is 5.32. The van der Waals surface area contributed by atoms with Gasteiger partial charge >= 0.3 is 6.09 Å². The second-order valence-corrected chi connectivity index (χ2v) is 8.89. The molecule has 2 aromatic carbocycles. The molecular weight excluding hydrogens is 464 g/mol. The Kier molecular flexibility index (Phi) is 8.61. The minimum atomic E-state index is -0.966. The summed E-state index contributed by atoms with van der Waals surface area (Å²) >= 11 is 0. The molecule has 0 spiro atoms. The number of fused-ring (bicyclic) bond motifs is 1. The molecule has 3 aromatic rings. The van der Waals surface area contributed by atoms with Gasteiger partial charge < -0.3 is 19.9 Å². The number of para-hydroxylation sites is 1. The van der Waals surface area contributed by atoms with Crippen LogP contribution in [0, 0.1) is 16.0 Å². The number of alkyl carbamates (subject to hydrolysis) is 1. The van der Waals surface area contributed by atoms with Crippen LogP contribution < -0.4 is 15.6 Å². The molecule has 0 saturated heterocycles. The number of benzene rings is 2. The third-order valence-electron chi connectivity index (χ3n) is 5.32. The molecule has 1 aromatic heterocycles. The van der Waals surface area contributed by atoms with E-state index < -0.39 is 23.0 Å². The minimum Gasteiger partial charge on any atom is -0.449 e. The van der Waals surface area contributed by atoms with Crippen molar-refractivity contribution in [3.63, 3.8) is 0 Å². The first-order valence-corrected chi connectivity index (χ1v) is 11.4. The molecule has 0 aliphatic heterocycles. The van der Waals surface area contributed by atoms with E-state index in [1.165, 1.54) is 12.3 Å². The van der Waals surface area contributed by atoms with E-state index in [2.05, 4.69) is 20.8 Å². The average Bonchev–Trinajstić information content (AvgIpc) is 3.24. The zero-order valence-electron chi connectivity index (χ0n) is 20.6. The Morgan fingerprint density at radius 3 is 2.67 bits per heavy atom. The highest BCUT2D eigenvalue weighted by Gasteiger charge is 2.23. The number of anilines is 1. The number of nitro benzene ring substituents is 1. The van der Waals surface area contributed by atoms with E-state index >= 15 is 0 Å². The van der Waals surface area contributed by atoms with Gasteiger partial charge in [0.25, 0.3) is 11.6 Å². The van der Waals surface area contributed by atoms with Crippen LogP contribution in [0.4, 0.5) is 16.2 Å². The lowest BCUT2D eigenvalue weighted by molar-refractivity contribution is -0.384.